The second-order valence-electron chi connectivity index (χ2n) is 8.43. The first-order valence-electron chi connectivity index (χ1n) is 10.2. The van der Waals surface area contributed by atoms with Gasteiger partial charge in [-0.25, -0.2) is 0 Å². The molecular formula is C22H28N4O2. The molecule has 0 radical (unpaired) electrons. The number of anilines is 1. The van der Waals surface area contributed by atoms with Crippen LogP contribution in [0.1, 0.15) is 55.8 Å². The fraction of sp³-hybridized carbons (Fsp3) is 0.500. The van der Waals surface area contributed by atoms with Gasteiger partial charge in [0.05, 0.1) is 0 Å². The van der Waals surface area contributed by atoms with Crippen LogP contribution < -0.4 is 10.6 Å². The van der Waals surface area contributed by atoms with E-state index in [1.165, 1.54) is 11.1 Å². The number of carbonyl (C=O) groups excluding carboxylic acids is 2. The molecular weight excluding hydrogens is 352 g/mol. The summed E-state index contributed by atoms with van der Waals surface area (Å²) in [6, 6.07) is 10.6. The Morgan fingerprint density at radius 2 is 1.93 bits per heavy atom. The highest BCUT2D eigenvalue weighted by Gasteiger charge is 2.34. The number of aryl methyl sites for hydroxylation is 1. The maximum Gasteiger partial charge on any atom is 0.228 e. The number of H-pyrrole nitrogens is 1. The lowest BCUT2D eigenvalue weighted by Gasteiger charge is -2.36. The highest BCUT2D eigenvalue weighted by atomic mass is 16.2. The van der Waals surface area contributed by atoms with E-state index in [2.05, 4.69) is 45.1 Å². The summed E-state index contributed by atoms with van der Waals surface area (Å²) in [7, 11) is 0. The zero-order valence-electron chi connectivity index (χ0n) is 16.5. The topological polar surface area (TPSA) is 86.9 Å². The fourth-order valence-electron chi connectivity index (χ4n) is 4.11. The maximum absolute atomic E-state index is 12.7. The third-order valence-corrected chi connectivity index (χ3v) is 6.02. The van der Waals surface area contributed by atoms with E-state index in [0.29, 0.717) is 11.7 Å². The largest absolute Gasteiger partial charge is 0.353 e. The first-order chi connectivity index (χ1) is 13.5. The molecule has 148 valence electrons. The van der Waals surface area contributed by atoms with Crippen molar-refractivity contribution >= 4 is 17.6 Å². The minimum Gasteiger partial charge on any atom is -0.353 e. The average Bonchev–Trinajstić information content (AvgIpc) is 3.11. The summed E-state index contributed by atoms with van der Waals surface area (Å²) in [5.41, 5.74) is 3.72. The Morgan fingerprint density at radius 1 is 1.18 bits per heavy atom. The van der Waals surface area contributed by atoms with E-state index in [0.717, 1.165) is 37.8 Å². The zero-order valence-corrected chi connectivity index (χ0v) is 16.5. The van der Waals surface area contributed by atoms with Crippen molar-refractivity contribution < 1.29 is 9.59 Å². The predicted molar refractivity (Wildman–Crippen MR) is 108 cm³/mol. The van der Waals surface area contributed by atoms with Gasteiger partial charge >= 0.3 is 0 Å². The standard InChI is InChI=1S/C22H28N4O2/c1-13(2)21(27)24-20-12-19(25-26-20)17-10-18(11-17)23-22(28)16-8-7-14-5-3-4-6-15(14)9-16/h3-6,12-13,16-18H,7-11H2,1-2H3,(H,23,28)(H2,24,25,26,27). The number of nitrogens with zero attached hydrogens (tertiary/aromatic N) is 1. The molecule has 6 heteroatoms. The van der Waals surface area contributed by atoms with E-state index in [1.54, 1.807) is 0 Å². The van der Waals surface area contributed by atoms with E-state index in [9.17, 15) is 9.59 Å². The van der Waals surface area contributed by atoms with Crippen LogP contribution in [-0.2, 0) is 22.4 Å². The zero-order chi connectivity index (χ0) is 19.7. The minimum absolute atomic E-state index is 0.0362. The molecule has 2 amide bonds. The number of hydrogen-bond donors (Lipinski definition) is 3. The Hall–Kier alpha value is -2.63. The number of aromatic amines is 1. The summed E-state index contributed by atoms with van der Waals surface area (Å²) < 4.78 is 0. The molecule has 0 aliphatic heterocycles. The van der Waals surface area contributed by atoms with Gasteiger partial charge in [-0.3, -0.25) is 14.7 Å². The van der Waals surface area contributed by atoms with Crippen LogP contribution in [0, 0.1) is 11.8 Å². The molecule has 28 heavy (non-hydrogen) atoms. The van der Waals surface area contributed by atoms with Crippen LogP contribution in [0.5, 0.6) is 0 Å². The van der Waals surface area contributed by atoms with Crippen molar-refractivity contribution in [1.82, 2.24) is 15.5 Å². The molecule has 2 aromatic rings. The second-order valence-corrected chi connectivity index (χ2v) is 8.43. The Kier molecular flexibility index (Phi) is 5.20. The third kappa shape index (κ3) is 3.96. The van der Waals surface area contributed by atoms with Gasteiger partial charge in [-0.2, -0.15) is 5.10 Å². The second kappa shape index (κ2) is 7.78. The molecule has 6 nitrogen and oxygen atoms in total. The van der Waals surface area contributed by atoms with Gasteiger partial charge in [-0.05, 0) is 43.2 Å². The normalized spacial score (nSPS) is 23.6. The Labute approximate surface area is 165 Å². The lowest BCUT2D eigenvalue weighted by atomic mass is 9.77. The molecule has 1 atom stereocenters. The number of hydrogen-bond acceptors (Lipinski definition) is 3. The molecule has 1 heterocycles. The van der Waals surface area contributed by atoms with Crippen molar-refractivity contribution in [2.45, 2.75) is 57.9 Å². The molecule has 1 aromatic heterocycles. The van der Waals surface area contributed by atoms with Crippen molar-refractivity contribution in [3.63, 3.8) is 0 Å². The van der Waals surface area contributed by atoms with E-state index < -0.39 is 0 Å². The van der Waals surface area contributed by atoms with Crippen LogP contribution in [0.4, 0.5) is 5.82 Å². The molecule has 0 bridgehead atoms. The lowest BCUT2D eigenvalue weighted by molar-refractivity contribution is -0.126. The monoisotopic (exact) mass is 380 g/mol. The minimum atomic E-state index is -0.0739. The van der Waals surface area contributed by atoms with Crippen LogP contribution in [0.3, 0.4) is 0 Å². The predicted octanol–water partition coefficient (Wildman–Crippen LogP) is 3.17. The van der Waals surface area contributed by atoms with Crippen molar-refractivity contribution in [2.24, 2.45) is 11.8 Å². The lowest BCUT2D eigenvalue weighted by Crippen LogP contribution is -2.46. The number of aromatic nitrogens is 2. The molecule has 1 unspecified atom stereocenters. The quantitative estimate of drug-likeness (QED) is 0.745. The van der Waals surface area contributed by atoms with Crippen LogP contribution in [-0.4, -0.2) is 28.1 Å². The summed E-state index contributed by atoms with van der Waals surface area (Å²) in [4.78, 5) is 24.4. The number of fused-ring (bicyclic) bond motifs is 1. The van der Waals surface area contributed by atoms with Crippen LogP contribution in [0.2, 0.25) is 0 Å². The van der Waals surface area contributed by atoms with Crippen molar-refractivity contribution in [1.29, 1.82) is 0 Å². The summed E-state index contributed by atoms with van der Waals surface area (Å²) in [6.45, 7) is 3.71. The molecule has 2 aliphatic rings. The number of benzene rings is 1. The first kappa shape index (κ1) is 18.7. The fourth-order valence-corrected chi connectivity index (χ4v) is 4.11. The Balaban J connectivity index is 1.25. The maximum atomic E-state index is 12.7. The molecule has 1 saturated carbocycles. The Morgan fingerprint density at radius 3 is 2.68 bits per heavy atom. The summed E-state index contributed by atoms with van der Waals surface area (Å²) in [5.74, 6) is 1.09. The van der Waals surface area contributed by atoms with Gasteiger partial charge < -0.3 is 10.6 Å². The van der Waals surface area contributed by atoms with E-state index in [1.807, 2.05) is 19.9 Å². The molecule has 0 spiro atoms. The van der Waals surface area contributed by atoms with Crippen LogP contribution >= 0.6 is 0 Å². The van der Waals surface area contributed by atoms with Crippen LogP contribution in [0.15, 0.2) is 30.3 Å². The average molecular weight is 380 g/mol. The molecule has 2 aliphatic carbocycles. The smallest absolute Gasteiger partial charge is 0.228 e. The SMILES string of the molecule is CC(C)C(=O)Nc1cc(C2CC(NC(=O)C3CCc4ccccc4C3)C2)[nH]n1. The van der Waals surface area contributed by atoms with Crippen molar-refractivity contribution in [3.8, 4) is 0 Å². The van der Waals surface area contributed by atoms with E-state index in [-0.39, 0.29) is 29.7 Å². The number of rotatable bonds is 5. The summed E-state index contributed by atoms with van der Waals surface area (Å²) in [5, 5.41) is 13.2. The van der Waals surface area contributed by atoms with Gasteiger partial charge in [0.15, 0.2) is 5.82 Å². The molecule has 1 aromatic carbocycles. The van der Waals surface area contributed by atoms with E-state index in [4.69, 9.17) is 0 Å². The van der Waals surface area contributed by atoms with Gasteiger partial charge in [0.25, 0.3) is 0 Å². The van der Waals surface area contributed by atoms with Crippen molar-refractivity contribution in [3.05, 3.63) is 47.2 Å². The number of nitrogens with one attached hydrogen (secondary N) is 3. The highest BCUT2D eigenvalue weighted by molar-refractivity contribution is 5.91. The van der Waals surface area contributed by atoms with Crippen molar-refractivity contribution in [2.75, 3.05) is 5.32 Å². The van der Waals surface area contributed by atoms with Gasteiger partial charge in [0.1, 0.15) is 0 Å². The number of amides is 2. The van der Waals surface area contributed by atoms with E-state index >= 15 is 0 Å². The van der Waals surface area contributed by atoms with Crippen LogP contribution in [0.25, 0.3) is 0 Å². The van der Waals surface area contributed by atoms with Gasteiger partial charge in [-0.15, -0.1) is 0 Å². The summed E-state index contributed by atoms with van der Waals surface area (Å²) >= 11 is 0. The van der Waals surface area contributed by atoms with Gasteiger partial charge in [0, 0.05) is 35.6 Å². The third-order valence-electron chi connectivity index (χ3n) is 6.02. The molecule has 0 saturated heterocycles. The molecule has 3 N–H and O–H groups in total. The number of carbonyl (C=O) groups is 2. The van der Waals surface area contributed by atoms with Gasteiger partial charge in [0.2, 0.25) is 11.8 Å². The first-order valence-corrected chi connectivity index (χ1v) is 10.2. The summed E-state index contributed by atoms with van der Waals surface area (Å²) in [6.07, 6.45) is 4.58. The van der Waals surface area contributed by atoms with Gasteiger partial charge in [-0.1, -0.05) is 38.1 Å². The molecule has 4 rings (SSSR count). The Bertz CT molecular complexity index is 867. The highest BCUT2D eigenvalue weighted by Crippen LogP contribution is 2.37. The molecule has 1 fully saturated rings.